The van der Waals surface area contributed by atoms with Crippen LogP contribution in [0.3, 0.4) is 0 Å². The van der Waals surface area contributed by atoms with Gasteiger partial charge in [0.15, 0.2) is 16.3 Å². The molecule has 8 heteroatoms. The van der Waals surface area contributed by atoms with E-state index < -0.39 is 11.2 Å². The van der Waals surface area contributed by atoms with Gasteiger partial charge in [-0.05, 0) is 6.42 Å². The summed E-state index contributed by atoms with van der Waals surface area (Å²) in [7, 11) is 3.21. The molecule has 2 rings (SSSR count). The predicted molar refractivity (Wildman–Crippen MR) is 83.1 cm³/mol. The zero-order chi connectivity index (χ0) is 15.6. The van der Waals surface area contributed by atoms with E-state index in [9.17, 15) is 9.59 Å². The van der Waals surface area contributed by atoms with E-state index in [-0.39, 0.29) is 0 Å². The zero-order valence-electron chi connectivity index (χ0n) is 12.7. The Balaban J connectivity index is 2.66. The molecule has 7 nitrogen and oxygen atoms in total. The maximum Gasteiger partial charge on any atom is 0.329 e. The molecule has 0 fully saturated rings. The number of H-pyrrole nitrogens is 1. The van der Waals surface area contributed by atoms with Gasteiger partial charge < -0.3 is 9.30 Å². The van der Waals surface area contributed by atoms with Crippen LogP contribution in [0.25, 0.3) is 11.2 Å². The zero-order valence-corrected chi connectivity index (χ0v) is 13.5. The molecule has 0 spiro atoms. The highest BCUT2D eigenvalue weighted by molar-refractivity contribution is 7.99. The van der Waals surface area contributed by atoms with Crippen LogP contribution in [0.2, 0.25) is 0 Å². The van der Waals surface area contributed by atoms with Crippen molar-refractivity contribution >= 4 is 22.9 Å². The first-order valence-electron chi connectivity index (χ1n) is 6.84. The molecule has 1 N–H and O–H groups in total. The monoisotopic (exact) mass is 312 g/mol. The molecule has 116 valence electrons. The largest absolute Gasteiger partial charge is 0.383 e. The van der Waals surface area contributed by atoms with E-state index in [4.69, 9.17) is 4.74 Å². The smallest absolute Gasteiger partial charge is 0.329 e. The van der Waals surface area contributed by atoms with E-state index in [0.717, 1.165) is 11.6 Å². The van der Waals surface area contributed by atoms with Gasteiger partial charge in [0, 0.05) is 26.0 Å². The Hall–Kier alpha value is -1.54. The average Bonchev–Trinajstić information content (AvgIpc) is 2.81. The number of imidazole rings is 1. The van der Waals surface area contributed by atoms with Crippen molar-refractivity contribution in [1.82, 2.24) is 19.1 Å². The summed E-state index contributed by atoms with van der Waals surface area (Å²) in [6.07, 6.45) is 0.993. The standard InChI is InChI=1S/C13H20N4O3S/c1-5-8(2)21-13-14-10-9(17(13)6-7-20-4)11(18)15-12(19)16(10)3/h8H,5-7H2,1-4H3,(H,15,18,19)/t8-/m0/s1. The van der Waals surface area contributed by atoms with Crippen molar-refractivity contribution in [3.05, 3.63) is 20.8 Å². The van der Waals surface area contributed by atoms with Gasteiger partial charge in [-0.3, -0.25) is 14.3 Å². The summed E-state index contributed by atoms with van der Waals surface area (Å²) in [5.74, 6) is 0. The van der Waals surface area contributed by atoms with E-state index >= 15 is 0 Å². The molecule has 21 heavy (non-hydrogen) atoms. The molecule has 2 aromatic heterocycles. The molecular weight excluding hydrogens is 292 g/mol. The van der Waals surface area contributed by atoms with E-state index in [2.05, 4.69) is 23.8 Å². The number of nitrogens with one attached hydrogen (secondary N) is 1. The van der Waals surface area contributed by atoms with Crippen LogP contribution in [-0.4, -0.2) is 38.1 Å². The molecule has 0 radical (unpaired) electrons. The number of hydrogen-bond donors (Lipinski definition) is 1. The molecule has 1 atom stereocenters. The molecule has 0 bridgehead atoms. The summed E-state index contributed by atoms with van der Waals surface area (Å²) in [6, 6.07) is 0. The van der Waals surface area contributed by atoms with Gasteiger partial charge in [0.25, 0.3) is 5.56 Å². The minimum absolute atomic E-state index is 0.374. The third-order valence-electron chi connectivity index (χ3n) is 3.37. The highest BCUT2D eigenvalue weighted by Crippen LogP contribution is 2.26. The fourth-order valence-electron chi connectivity index (χ4n) is 1.96. The highest BCUT2D eigenvalue weighted by atomic mass is 32.2. The Labute approximate surface area is 126 Å². The molecule has 0 aliphatic carbocycles. The maximum absolute atomic E-state index is 12.1. The summed E-state index contributed by atoms with van der Waals surface area (Å²) in [6.45, 7) is 5.20. The molecule has 2 aromatic rings. The second kappa shape index (κ2) is 6.48. The Morgan fingerprint density at radius 3 is 2.76 bits per heavy atom. The molecule has 0 aromatic carbocycles. The number of aryl methyl sites for hydroxylation is 1. The van der Waals surface area contributed by atoms with E-state index in [1.54, 1.807) is 25.9 Å². The number of thioether (sulfide) groups is 1. The van der Waals surface area contributed by atoms with Gasteiger partial charge in [0.2, 0.25) is 0 Å². The first-order chi connectivity index (χ1) is 9.99. The Morgan fingerprint density at radius 1 is 1.43 bits per heavy atom. The minimum Gasteiger partial charge on any atom is -0.383 e. The topological polar surface area (TPSA) is 81.9 Å². The predicted octanol–water partition coefficient (Wildman–Crippen LogP) is 0.960. The summed E-state index contributed by atoms with van der Waals surface area (Å²) in [4.78, 5) is 30.6. The lowest BCUT2D eigenvalue weighted by molar-refractivity contribution is 0.186. The van der Waals surface area contributed by atoms with Gasteiger partial charge in [0.1, 0.15) is 0 Å². The van der Waals surface area contributed by atoms with Crippen LogP contribution >= 0.6 is 11.8 Å². The molecule has 0 unspecified atom stereocenters. The highest BCUT2D eigenvalue weighted by Gasteiger charge is 2.18. The lowest BCUT2D eigenvalue weighted by Crippen LogP contribution is -2.29. The van der Waals surface area contributed by atoms with Gasteiger partial charge >= 0.3 is 5.69 Å². The molecular formula is C13H20N4O3S. The van der Waals surface area contributed by atoms with Crippen molar-refractivity contribution in [3.8, 4) is 0 Å². The quantitative estimate of drug-likeness (QED) is 0.804. The van der Waals surface area contributed by atoms with Crippen LogP contribution in [0.1, 0.15) is 20.3 Å². The first kappa shape index (κ1) is 15.8. The van der Waals surface area contributed by atoms with E-state index in [0.29, 0.717) is 29.6 Å². The fraction of sp³-hybridized carbons (Fsp3) is 0.615. The number of methoxy groups -OCH3 is 1. The number of fused-ring (bicyclic) bond motifs is 1. The van der Waals surface area contributed by atoms with Gasteiger partial charge in [0.05, 0.1) is 6.61 Å². The van der Waals surface area contributed by atoms with Crippen molar-refractivity contribution in [2.75, 3.05) is 13.7 Å². The van der Waals surface area contributed by atoms with Crippen LogP contribution in [0.4, 0.5) is 0 Å². The van der Waals surface area contributed by atoms with Crippen LogP contribution < -0.4 is 11.2 Å². The third kappa shape index (κ3) is 3.06. The SMILES string of the molecule is CC[C@H](C)Sc1nc2c(c(=O)[nH]c(=O)n2C)n1CCOC. The summed E-state index contributed by atoms with van der Waals surface area (Å²) >= 11 is 1.60. The van der Waals surface area contributed by atoms with Crippen LogP contribution in [0, 0.1) is 0 Å². The lowest BCUT2D eigenvalue weighted by atomic mass is 10.4. The van der Waals surface area contributed by atoms with Crippen LogP contribution in [-0.2, 0) is 18.3 Å². The summed E-state index contributed by atoms with van der Waals surface area (Å²) in [5.41, 5.74) is -0.0395. The molecule has 0 saturated heterocycles. The fourth-order valence-corrected chi connectivity index (χ4v) is 2.93. The van der Waals surface area contributed by atoms with Crippen molar-refractivity contribution in [3.63, 3.8) is 0 Å². The molecule has 2 heterocycles. The van der Waals surface area contributed by atoms with Gasteiger partial charge in [-0.15, -0.1) is 0 Å². The molecule has 0 aliphatic heterocycles. The van der Waals surface area contributed by atoms with E-state index in [1.807, 2.05) is 4.57 Å². The Morgan fingerprint density at radius 2 is 2.14 bits per heavy atom. The second-order valence-corrected chi connectivity index (χ2v) is 6.27. The van der Waals surface area contributed by atoms with Gasteiger partial charge in [-0.2, -0.15) is 0 Å². The average molecular weight is 312 g/mol. The molecule has 0 saturated carbocycles. The van der Waals surface area contributed by atoms with Crippen molar-refractivity contribution in [1.29, 1.82) is 0 Å². The minimum atomic E-state index is -0.455. The third-order valence-corrected chi connectivity index (χ3v) is 4.63. The van der Waals surface area contributed by atoms with Crippen LogP contribution in [0.5, 0.6) is 0 Å². The summed E-state index contributed by atoms with van der Waals surface area (Å²) in [5, 5.41) is 1.11. The normalized spacial score (nSPS) is 13.0. The van der Waals surface area contributed by atoms with Crippen molar-refractivity contribution in [2.24, 2.45) is 7.05 Å². The van der Waals surface area contributed by atoms with Gasteiger partial charge in [-0.1, -0.05) is 25.6 Å². The Kier molecular flexibility index (Phi) is 4.89. The summed E-state index contributed by atoms with van der Waals surface area (Å²) < 4.78 is 8.29. The number of aromatic nitrogens is 4. The molecule has 0 amide bonds. The molecule has 0 aliphatic rings. The number of ether oxygens (including phenoxy) is 1. The Bertz CT molecular complexity index is 746. The number of hydrogen-bond acceptors (Lipinski definition) is 5. The van der Waals surface area contributed by atoms with E-state index in [1.165, 1.54) is 4.57 Å². The number of aromatic amines is 1. The lowest BCUT2D eigenvalue weighted by Gasteiger charge is -2.10. The van der Waals surface area contributed by atoms with Crippen molar-refractivity contribution in [2.45, 2.75) is 37.2 Å². The van der Waals surface area contributed by atoms with Gasteiger partial charge in [-0.25, -0.2) is 9.78 Å². The second-order valence-electron chi connectivity index (χ2n) is 4.87. The number of nitrogens with zero attached hydrogens (tertiary/aromatic N) is 3. The first-order valence-corrected chi connectivity index (χ1v) is 7.72. The number of rotatable bonds is 6. The van der Waals surface area contributed by atoms with Crippen LogP contribution in [0.15, 0.2) is 14.7 Å². The van der Waals surface area contributed by atoms with Crippen molar-refractivity contribution < 1.29 is 4.74 Å². The maximum atomic E-state index is 12.1.